The van der Waals surface area contributed by atoms with Crippen molar-refractivity contribution in [2.24, 2.45) is 0 Å². The molecule has 31 heavy (non-hydrogen) atoms. The minimum atomic E-state index is -0.298. The van der Waals surface area contributed by atoms with Crippen LogP contribution in [0.15, 0.2) is 85.3 Å². The molecular weight excluding hydrogens is 433 g/mol. The summed E-state index contributed by atoms with van der Waals surface area (Å²) in [6.45, 7) is 0. The predicted molar refractivity (Wildman–Crippen MR) is 123 cm³/mol. The van der Waals surface area contributed by atoms with E-state index < -0.39 is 0 Å². The molecule has 1 aliphatic heterocycles. The molecule has 4 aromatic rings. The van der Waals surface area contributed by atoms with Crippen molar-refractivity contribution in [3.05, 3.63) is 108 Å². The summed E-state index contributed by atoms with van der Waals surface area (Å²) in [5.74, 6) is 0.439. The number of pyridine rings is 2. The molecule has 3 aromatic heterocycles. The molecular formula is C23H17ClFN5S. The average Bonchev–Trinajstić information content (AvgIpc) is 3.40. The van der Waals surface area contributed by atoms with Crippen LogP contribution < -0.4 is 10.2 Å². The number of halogens is 2. The minimum Gasteiger partial charge on any atom is -0.351 e. The lowest BCUT2D eigenvalue weighted by Gasteiger charge is -2.28. The van der Waals surface area contributed by atoms with E-state index in [9.17, 15) is 4.39 Å². The van der Waals surface area contributed by atoms with Crippen LogP contribution in [0.5, 0.6) is 0 Å². The molecule has 5 nitrogen and oxygen atoms in total. The van der Waals surface area contributed by atoms with Gasteiger partial charge >= 0.3 is 0 Å². The van der Waals surface area contributed by atoms with Crippen molar-refractivity contribution < 1.29 is 4.39 Å². The molecule has 154 valence electrons. The van der Waals surface area contributed by atoms with Gasteiger partial charge in [0, 0.05) is 30.0 Å². The largest absolute Gasteiger partial charge is 0.351 e. The van der Waals surface area contributed by atoms with Crippen molar-refractivity contribution in [2.45, 2.75) is 12.1 Å². The molecule has 1 N–H and O–H groups in total. The second kappa shape index (κ2) is 8.09. The van der Waals surface area contributed by atoms with Gasteiger partial charge in [0.1, 0.15) is 17.7 Å². The van der Waals surface area contributed by atoms with Crippen LogP contribution in [0.3, 0.4) is 0 Å². The summed E-state index contributed by atoms with van der Waals surface area (Å²) >= 11 is 11.7. The van der Waals surface area contributed by atoms with Gasteiger partial charge in [0.15, 0.2) is 5.11 Å². The normalized spacial score (nSPS) is 18.3. The highest BCUT2D eigenvalue weighted by Gasteiger charge is 2.42. The summed E-state index contributed by atoms with van der Waals surface area (Å²) in [7, 11) is 0. The lowest BCUT2D eigenvalue weighted by atomic mass is 10.0. The number of anilines is 1. The molecule has 0 aliphatic carbocycles. The van der Waals surface area contributed by atoms with E-state index in [1.54, 1.807) is 30.6 Å². The molecule has 1 aromatic carbocycles. The first-order chi connectivity index (χ1) is 15.1. The van der Waals surface area contributed by atoms with E-state index in [0.29, 0.717) is 10.1 Å². The molecule has 4 heterocycles. The molecule has 0 spiro atoms. The van der Waals surface area contributed by atoms with Crippen molar-refractivity contribution in [1.82, 2.24) is 19.9 Å². The summed E-state index contributed by atoms with van der Waals surface area (Å²) in [6.07, 6.45) is 5.33. The molecule has 1 saturated heterocycles. The van der Waals surface area contributed by atoms with Crippen LogP contribution in [0.1, 0.15) is 23.5 Å². The molecule has 2 atom stereocenters. The maximum absolute atomic E-state index is 13.6. The highest BCUT2D eigenvalue weighted by atomic mass is 35.5. The van der Waals surface area contributed by atoms with Crippen LogP contribution in [-0.4, -0.2) is 19.6 Å². The van der Waals surface area contributed by atoms with Gasteiger partial charge in [-0.05, 0) is 72.9 Å². The fraction of sp³-hybridized carbons (Fsp3) is 0.0870. The van der Waals surface area contributed by atoms with E-state index in [1.165, 1.54) is 12.1 Å². The summed E-state index contributed by atoms with van der Waals surface area (Å²) in [4.78, 5) is 11.0. The molecule has 1 fully saturated rings. The number of hydrogen-bond donors (Lipinski definition) is 1. The van der Waals surface area contributed by atoms with Crippen molar-refractivity contribution in [2.75, 3.05) is 4.90 Å². The van der Waals surface area contributed by atoms with Gasteiger partial charge in [-0.25, -0.2) is 9.37 Å². The predicted octanol–water partition coefficient (Wildman–Crippen LogP) is 5.24. The Kier molecular flexibility index (Phi) is 5.13. The van der Waals surface area contributed by atoms with Gasteiger partial charge in [0.2, 0.25) is 0 Å². The first-order valence-corrected chi connectivity index (χ1v) is 10.5. The van der Waals surface area contributed by atoms with E-state index in [4.69, 9.17) is 23.8 Å². The molecule has 0 unspecified atom stereocenters. The van der Waals surface area contributed by atoms with Gasteiger partial charge in [-0.15, -0.1) is 0 Å². The summed E-state index contributed by atoms with van der Waals surface area (Å²) < 4.78 is 15.6. The van der Waals surface area contributed by atoms with Crippen molar-refractivity contribution in [3.8, 4) is 5.82 Å². The van der Waals surface area contributed by atoms with Gasteiger partial charge in [0.05, 0.1) is 16.8 Å². The summed E-state index contributed by atoms with van der Waals surface area (Å²) in [5.41, 5.74) is 2.61. The maximum atomic E-state index is 13.6. The lowest BCUT2D eigenvalue weighted by Crippen LogP contribution is -2.30. The molecule has 0 radical (unpaired) electrons. The number of benzene rings is 1. The van der Waals surface area contributed by atoms with E-state index in [-0.39, 0.29) is 17.9 Å². The van der Waals surface area contributed by atoms with E-state index in [0.717, 1.165) is 22.9 Å². The average molecular weight is 450 g/mol. The molecule has 0 bridgehead atoms. The molecule has 0 amide bonds. The Morgan fingerprint density at radius 3 is 2.52 bits per heavy atom. The third-order valence-corrected chi connectivity index (χ3v) is 5.78. The molecule has 0 saturated carbocycles. The summed E-state index contributed by atoms with van der Waals surface area (Å²) in [5, 5.41) is 4.52. The number of hydrogen-bond acceptors (Lipinski definition) is 3. The standard InChI is InChI=1S/C23H17ClFN5S/c24-15-6-11-20(27-14-15)29-13-3-5-19(29)22-21(18-4-1-2-12-26-18)28-23(31)30(22)17-9-7-16(25)8-10-17/h1-14,21-22H,(H,28,31)/t21-,22-/m1/s1. The van der Waals surface area contributed by atoms with Gasteiger partial charge in [-0.3, -0.25) is 4.98 Å². The first-order valence-electron chi connectivity index (χ1n) is 9.67. The fourth-order valence-electron chi connectivity index (χ4n) is 3.89. The van der Waals surface area contributed by atoms with E-state index >= 15 is 0 Å². The maximum Gasteiger partial charge on any atom is 0.174 e. The topological polar surface area (TPSA) is 46.0 Å². The highest BCUT2D eigenvalue weighted by molar-refractivity contribution is 7.80. The second-order valence-electron chi connectivity index (χ2n) is 7.11. The van der Waals surface area contributed by atoms with Crippen LogP contribution >= 0.6 is 23.8 Å². The third kappa shape index (κ3) is 3.66. The van der Waals surface area contributed by atoms with Crippen LogP contribution in [0.2, 0.25) is 5.02 Å². The Labute approximate surface area is 189 Å². The zero-order valence-electron chi connectivity index (χ0n) is 16.2. The van der Waals surface area contributed by atoms with Crippen LogP contribution in [-0.2, 0) is 0 Å². The summed E-state index contributed by atoms with van der Waals surface area (Å²) in [6, 6.07) is 19.3. The Morgan fingerprint density at radius 1 is 0.968 bits per heavy atom. The van der Waals surface area contributed by atoms with Crippen molar-refractivity contribution in [1.29, 1.82) is 0 Å². The Bertz CT molecular complexity index is 1210. The number of rotatable bonds is 4. The van der Waals surface area contributed by atoms with Crippen LogP contribution in [0, 0.1) is 5.82 Å². The van der Waals surface area contributed by atoms with Crippen molar-refractivity contribution >= 4 is 34.6 Å². The van der Waals surface area contributed by atoms with E-state index in [1.807, 2.05) is 52.1 Å². The minimum absolute atomic E-state index is 0.209. The molecule has 8 heteroatoms. The lowest BCUT2D eigenvalue weighted by molar-refractivity contribution is 0.548. The van der Waals surface area contributed by atoms with Crippen LogP contribution in [0.25, 0.3) is 5.82 Å². The zero-order chi connectivity index (χ0) is 21.4. The molecule has 5 rings (SSSR count). The second-order valence-corrected chi connectivity index (χ2v) is 7.93. The van der Waals surface area contributed by atoms with Gasteiger partial charge in [0.25, 0.3) is 0 Å². The number of nitrogens with one attached hydrogen (secondary N) is 1. The SMILES string of the molecule is Fc1ccc(N2C(=S)N[C@H](c3ccccn3)[C@H]2c2cccn2-c2ccc(Cl)cn2)cc1. The van der Waals surface area contributed by atoms with Gasteiger partial charge in [-0.1, -0.05) is 17.7 Å². The van der Waals surface area contributed by atoms with E-state index in [2.05, 4.69) is 15.3 Å². The quantitative estimate of drug-likeness (QED) is 0.432. The van der Waals surface area contributed by atoms with Crippen molar-refractivity contribution in [3.63, 3.8) is 0 Å². The van der Waals surface area contributed by atoms with Gasteiger partial charge in [-0.2, -0.15) is 0 Å². The van der Waals surface area contributed by atoms with Crippen LogP contribution in [0.4, 0.5) is 10.1 Å². The first kappa shape index (κ1) is 19.7. The Hall–Kier alpha value is -3.29. The fourth-order valence-corrected chi connectivity index (χ4v) is 4.35. The number of thiocarbonyl (C=S) groups is 1. The highest BCUT2D eigenvalue weighted by Crippen LogP contribution is 2.42. The number of aromatic nitrogens is 3. The molecule has 1 aliphatic rings. The third-order valence-electron chi connectivity index (χ3n) is 5.24. The smallest absolute Gasteiger partial charge is 0.174 e. The number of nitrogens with zero attached hydrogens (tertiary/aromatic N) is 4. The Balaban J connectivity index is 1.66. The van der Waals surface area contributed by atoms with Gasteiger partial charge < -0.3 is 14.8 Å². The monoisotopic (exact) mass is 449 g/mol. The Morgan fingerprint density at radius 2 is 1.81 bits per heavy atom. The zero-order valence-corrected chi connectivity index (χ0v) is 17.8.